The van der Waals surface area contributed by atoms with Gasteiger partial charge >= 0.3 is 6.61 Å². The van der Waals surface area contributed by atoms with Crippen LogP contribution in [0.3, 0.4) is 0 Å². The number of aliphatic hydroxyl groups excluding tert-OH is 1. The highest BCUT2D eigenvalue weighted by Gasteiger charge is 2.25. The fraction of sp³-hybridized carbons (Fsp3) is 0.533. The van der Waals surface area contributed by atoms with Crippen LogP contribution in [0, 0.1) is 5.92 Å². The number of carbonyl (C=O) groups is 1. The summed E-state index contributed by atoms with van der Waals surface area (Å²) in [5.74, 6) is -0.173. The Morgan fingerprint density at radius 1 is 1.57 bits per heavy atom. The summed E-state index contributed by atoms with van der Waals surface area (Å²) >= 11 is 5.83. The van der Waals surface area contributed by atoms with Gasteiger partial charge in [-0.05, 0) is 37.1 Å². The van der Waals surface area contributed by atoms with Gasteiger partial charge in [-0.2, -0.15) is 8.78 Å². The molecule has 1 aliphatic rings. The standard InChI is InChI=1S/C15H19ClF2N2O3/c1-9-4-5-20(7-12(9)21)8-14(22)19-10-2-3-13(11(16)6-10)23-15(17)18/h2-3,6,9,12,15,21H,4-5,7-8H2,1H3,(H,19,22). The second-order valence-electron chi connectivity index (χ2n) is 5.64. The Labute approximate surface area is 138 Å². The molecule has 0 radical (unpaired) electrons. The molecule has 1 aromatic rings. The number of benzene rings is 1. The number of nitrogens with one attached hydrogen (secondary N) is 1. The minimum atomic E-state index is -2.96. The lowest BCUT2D eigenvalue weighted by Gasteiger charge is -2.33. The number of aliphatic hydroxyl groups is 1. The van der Waals surface area contributed by atoms with E-state index in [2.05, 4.69) is 10.1 Å². The Kier molecular flexibility index (Phi) is 6.15. The number of halogens is 3. The molecule has 2 unspecified atom stereocenters. The highest BCUT2D eigenvalue weighted by Crippen LogP contribution is 2.29. The predicted octanol–water partition coefficient (Wildman–Crippen LogP) is 2.58. The monoisotopic (exact) mass is 348 g/mol. The molecule has 128 valence electrons. The Hall–Kier alpha value is -1.44. The molecule has 1 amide bonds. The van der Waals surface area contributed by atoms with E-state index in [4.69, 9.17) is 11.6 Å². The molecule has 1 saturated heterocycles. The van der Waals surface area contributed by atoms with Crippen molar-refractivity contribution in [3.05, 3.63) is 23.2 Å². The lowest BCUT2D eigenvalue weighted by atomic mass is 9.96. The van der Waals surface area contributed by atoms with Crippen LogP contribution in [0.4, 0.5) is 14.5 Å². The number of β-amino-alcohol motifs (C(OH)–C–C–N with tert-alkyl or cyclic N) is 1. The molecular formula is C15H19ClF2N2O3. The SMILES string of the molecule is CC1CCN(CC(=O)Nc2ccc(OC(F)F)c(Cl)c2)CC1O. The van der Waals surface area contributed by atoms with E-state index in [0.29, 0.717) is 12.2 Å². The summed E-state index contributed by atoms with van der Waals surface area (Å²) < 4.78 is 28.5. The molecule has 2 rings (SSSR count). The lowest BCUT2D eigenvalue weighted by Crippen LogP contribution is -2.45. The number of anilines is 1. The van der Waals surface area contributed by atoms with Crippen molar-refractivity contribution in [2.75, 3.05) is 25.0 Å². The molecule has 0 spiro atoms. The Balaban J connectivity index is 1.89. The molecule has 1 heterocycles. The first kappa shape index (κ1) is 17.9. The van der Waals surface area contributed by atoms with Crippen molar-refractivity contribution < 1.29 is 23.4 Å². The molecular weight excluding hydrogens is 330 g/mol. The predicted molar refractivity (Wildman–Crippen MR) is 82.9 cm³/mol. The maximum absolute atomic E-state index is 12.2. The van der Waals surface area contributed by atoms with Crippen LogP contribution >= 0.6 is 11.6 Å². The lowest BCUT2D eigenvalue weighted by molar-refractivity contribution is -0.118. The van der Waals surface area contributed by atoms with Crippen LogP contribution in [0.15, 0.2) is 18.2 Å². The average Bonchev–Trinajstić information content (AvgIpc) is 2.45. The molecule has 0 bridgehead atoms. The number of hydrogen-bond acceptors (Lipinski definition) is 4. The van der Waals surface area contributed by atoms with Gasteiger partial charge in [-0.1, -0.05) is 18.5 Å². The number of hydrogen-bond donors (Lipinski definition) is 2. The fourth-order valence-corrected chi connectivity index (χ4v) is 2.66. The Bertz CT molecular complexity index is 560. The van der Waals surface area contributed by atoms with E-state index >= 15 is 0 Å². The molecule has 0 aromatic heterocycles. The summed E-state index contributed by atoms with van der Waals surface area (Å²) in [5, 5.41) is 12.5. The molecule has 0 aliphatic carbocycles. The summed E-state index contributed by atoms with van der Waals surface area (Å²) in [6.07, 6.45) is 0.400. The zero-order chi connectivity index (χ0) is 17.0. The first-order valence-corrected chi connectivity index (χ1v) is 7.67. The zero-order valence-electron chi connectivity index (χ0n) is 12.6. The molecule has 1 fully saturated rings. The second kappa shape index (κ2) is 7.90. The van der Waals surface area contributed by atoms with E-state index in [1.165, 1.54) is 18.2 Å². The number of alkyl halides is 2. The van der Waals surface area contributed by atoms with Gasteiger partial charge in [0.25, 0.3) is 0 Å². The first-order chi connectivity index (χ1) is 10.8. The minimum absolute atomic E-state index is 0.00896. The smallest absolute Gasteiger partial charge is 0.387 e. The van der Waals surface area contributed by atoms with Gasteiger partial charge in [0.15, 0.2) is 0 Å². The molecule has 23 heavy (non-hydrogen) atoms. The average molecular weight is 349 g/mol. The Morgan fingerprint density at radius 3 is 2.91 bits per heavy atom. The van der Waals surface area contributed by atoms with Gasteiger partial charge in [0.05, 0.1) is 17.7 Å². The topological polar surface area (TPSA) is 61.8 Å². The van der Waals surface area contributed by atoms with Crippen LogP contribution in [-0.4, -0.2) is 48.3 Å². The largest absolute Gasteiger partial charge is 0.433 e. The van der Waals surface area contributed by atoms with Crippen molar-refractivity contribution in [1.29, 1.82) is 0 Å². The molecule has 2 atom stereocenters. The summed E-state index contributed by atoms with van der Waals surface area (Å²) in [6.45, 7) is 0.370. The minimum Gasteiger partial charge on any atom is -0.433 e. The number of amides is 1. The molecule has 1 aliphatic heterocycles. The summed E-state index contributed by atoms with van der Waals surface area (Å²) in [7, 11) is 0. The second-order valence-corrected chi connectivity index (χ2v) is 6.05. The summed E-state index contributed by atoms with van der Waals surface area (Å²) in [5.41, 5.74) is 0.396. The van der Waals surface area contributed by atoms with Gasteiger partial charge in [-0.25, -0.2) is 0 Å². The molecule has 2 N–H and O–H groups in total. The molecule has 5 nitrogen and oxygen atoms in total. The van der Waals surface area contributed by atoms with Crippen molar-refractivity contribution >= 4 is 23.2 Å². The first-order valence-electron chi connectivity index (χ1n) is 7.30. The van der Waals surface area contributed by atoms with Crippen LogP contribution < -0.4 is 10.1 Å². The van der Waals surface area contributed by atoms with Gasteiger partial charge in [0.2, 0.25) is 5.91 Å². The van der Waals surface area contributed by atoms with E-state index < -0.39 is 12.7 Å². The maximum Gasteiger partial charge on any atom is 0.387 e. The fourth-order valence-electron chi connectivity index (χ4n) is 2.43. The number of carbonyl (C=O) groups excluding carboxylic acids is 1. The summed E-state index contributed by atoms with van der Waals surface area (Å²) in [6, 6.07) is 4.06. The zero-order valence-corrected chi connectivity index (χ0v) is 13.4. The number of piperidine rings is 1. The van der Waals surface area contributed by atoms with Crippen LogP contribution in [0.5, 0.6) is 5.75 Å². The number of rotatable bonds is 5. The molecule has 1 aromatic carbocycles. The van der Waals surface area contributed by atoms with E-state index in [0.717, 1.165) is 13.0 Å². The third-order valence-electron chi connectivity index (χ3n) is 3.80. The van der Waals surface area contributed by atoms with Gasteiger partial charge in [0.1, 0.15) is 5.75 Å². The van der Waals surface area contributed by atoms with Crippen LogP contribution in [0.2, 0.25) is 5.02 Å². The van der Waals surface area contributed by atoms with E-state index in [1.54, 1.807) is 0 Å². The highest BCUT2D eigenvalue weighted by atomic mass is 35.5. The van der Waals surface area contributed by atoms with Gasteiger partial charge in [-0.15, -0.1) is 0 Å². The van der Waals surface area contributed by atoms with Gasteiger partial charge < -0.3 is 15.2 Å². The number of likely N-dealkylation sites (tertiary alicyclic amines) is 1. The van der Waals surface area contributed by atoms with Crippen LogP contribution in [0.25, 0.3) is 0 Å². The van der Waals surface area contributed by atoms with Gasteiger partial charge in [-0.3, -0.25) is 9.69 Å². The van der Waals surface area contributed by atoms with Crippen molar-refractivity contribution in [2.24, 2.45) is 5.92 Å². The summed E-state index contributed by atoms with van der Waals surface area (Å²) in [4.78, 5) is 13.9. The van der Waals surface area contributed by atoms with E-state index in [-0.39, 0.29) is 29.1 Å². The Morgan fingerprint density at radius 2 is 2.30 bits per heavy atom. The number of nitrogens with zero attached hydrogens (tertiary/aromatic N) is 1. The van der Waals surface area contributed by atoms with Crippen molar-refractivity contribution in [1.82, 2.24) is 4.90 Å². The third kappa shape index (κ3) is 5.30. The molecule has 0 saturated carbocycles. The van der Waals surface area contributed by atoms with Crippen LogP contribution in [-0.2, 0) is 4.79 Å². The molecule has 8 heteroatoms. The van der Waals surface area contributed by atoms with Crippen molar-refractivity contribution in [3.63, 3.8) is 0 Å². The van der Waals surface area contributed by atoms with Crippen LogP contribution in [0.1, 0.15) is 13.3 Å². The quantitative estimate of drug-likeness (QED) is 0.858. The third-order valence-corrected chi connectivity index (χ3v) is 4.10. The van der Waals surface area contributed by atoms with Gasteiger partial charge in [0, 0.05) is 12.2 Å². The van der Waals surface area contributed by atoms with Crippen molar-refractivity contribution in [3.8, 4) is 5.75 Å². The van der Waals surface area contributed by atoms with Crippen molar-refractivity contribution in [2.45, 2.75) is 26.1 Å². The number of ether oxygens (including phenoxy) is 1. The van der Waals surface area contributed by atoms with E-state index in [1.807, 2.05) is 11.8 Å². The maximum atomic E-state index is 12.2. The normalized spacial score (nSPS) is 22.2. The van der Waals surface area contributed by atoms with E-state index in [9.17, 15) is 18.7 Å². The highest BCUT2D eigenvalue weighted by molar-refractivity contribution is 6.32.